The molecule has 2 aliphatic rings. The molecule has 4 rings (SSSR count). The Hall–Kier alpha value is -3.39. The summed E-state index contributed by atoms with van der Waals surface area (Å²) in [5.74, 6) is -2.05. The number of esters is 1. The number of carbonyl (C=O) groups excluding carboxylic acids is 3. The molecule has 0 bridgehead atoms. The van der Waals surface area contributed by atoms with Gasteiger partial charge in [-0.2, -0.15) is 0 Å². The van der Waals surface area contributed by atoms with Gasteiger partial charge in [0.25, 0.3) is 5.91 Å². The van der Waals surface area contributed by atoms with Crippen LogP contribution in [0.3, 0.4) is 0 Å². The van der Waals surface area contributed by atoms with Crippen molar-refractivity contribution < 1.29 is 28.6 Å². The third kappa shape index (κ3) is 4.03. The molecule has 0 spiro atoms. The lowest BCUT2D eigenvalue weighted by Gasteiger charge is -2.39. The highest BCUT2D eigenvalue weighted by molar-refractivity contribution is 6.04. The second-order valence-corrected chi connectivity index (χ2v) is 8.25. The van der Waals surface area contributed by atoms with Crippen molar-refractivity contribution >= 4 is 23.7 Å². The molecule has 8 heteroatoms. The fourth-order valence-electron chi connectivity index (χ4n) is 5.21. The number of benzene rings is 2. The van der Waals surface area contributed by atoms with Gasteiger partial charge in [0, 0.05) is 25.3 Å². The SMILES string of the molecule is CCOC(=O)[C@@H]1[C@H]2c3ccccc3N(CCOC)C(=O)[C@H]2N(C(=O)OCC)[C@@H]1c1ccccc1. The minimum Gasteiger partial charge on any atom is -0.466 e. The third-order valence-corrected chi connectivity index (χ3v) is 6.47. The molecule has 2 amide bonds. The van der Waals surface area contributed by atoms with Gasteiger partial charge in [0.15, 0.2) is 0 Å². The topological polar surface area (TPSA) is 85.4 Å². The molecule has 2 aliphatic heterocycles. The van der Waals surface area contributed by atoms with Gasteiger partial charge in [-0.1, -0.05) is 48.5 Å². The van der Waals surface area contributed by atoms with E-state index in [-0.39, 0.29) is 19.1 Å². The molecule has 2 heterocycles. The van der Waals surface area contributed by atoms with E-state index < -0.39 is 36.0 Å². The first-order valence-electron chi connectivity index (χ1n) is 11.6. The standard InChI is InChI=1S/C26H30N2O6/c1-4-33-25(30)21-20-18-13-9-10-14-19(18)27(15-16-32-3)24(29)23(20)28(26(31)34-5-2)22(21)17-11-7-6-8-12-17/h6-14,20-23H,4-5,15-16H2,1-3H3/t20-,21-,22-,23+/m1/s1. The van der Waals surface area contributed by atoms with Gasteiger partial charge in [-0.05, 0) is 31.0 Å². The van der Waals surface area contributed by atoms with Gasteiger partial charge in [-0.25, -0.2) is 4.79 Å². The van der Waals surface area contributed by atoms with E-state index in [1.165, 1.54) is 4.90 Å². The molecule has 1 saturated heterocycles. The van der Waals surface area contributed by atoms with Crippen LogP contribution in [0.25, 0.3) is 0 Å². The summed E-state index contributed by atoms with van der Waals surface area (Å²) >= 11 is 0. The number of anilines is 1. The summed E-state index contributed by atoms with van der Waals surface area (Å²) < 4.78 is 16.1. The number of methoxy groups -OCH3 is 1. The van der Waals surface area contributed by atoms with Crippen molar-refractivity contribution in [1.82, 2.24) is 4.90 Å². The molecule has 4 atom stereocenters. The van der Waals surface area contributed by atoms with Crippen LogP contribution in [0.2, 0.25) is 0 Å². The molecule has 0 saturated carbocycles. The Morgan fingerprint density at radius 2 is 1.59 bits per heavy atom. The number of ether oxygens (including phenoxy) is 3. The Kier molecular flexibility index (Phi) is 7.17. The third-order valence-electron chi connectivity index (χ3n) is 6.47. The number of nitrogens with zero attached hydrogens (tertiary/aromatic N) is 2. The zero-order valence-electron chi connectivity index (χ0n) is 19.7. The Bertz CT molecular complexity index is 1040. The summed E-state index contributed by atoms with van der Waals surface area (Å²) in [5.41, 5.74) is 2.29. The van der Waals surface area contributed by atoms with Crippen molar-refractivity contribution in [3.63, 3.8) is 0 Å². The van der Waals surface area contributed by atoms with Crippen LogP contribution in [0.5, 0.6) is 0 Å². The van der Waals surface area contributed by atoms with Gasteiger partial charge in [-0.15, -0.1) is 0 Å². The average Bonchev–Trinajstić information content (AvgIpc) is 3.22. The molecule has 0 unspecified atom stereocenters. The Morgan fingerprint density at radius 1 is 0.912 bits per heavy atom. The maximum atomic E-state index is 14.0. The first-order chi connectivity index (χ1) is 16.5. The molecular formula is C26H30N2O6. The number of rotatable bonds is 7. The fourth-order valence-corrected chi connectivity index (χ4v) is 5.21. The van der Waals surface area contributed by atoms with Gasteiger partial charge in [0.2, 0.25) is 0 Å². The lowest BCUT2D eigenvalue weighted by Crippen LogP contribution is -2.54. The van der Waals surface area contributed by atoms with Gasteiger partial charge in [-0.3, -0.25) is 14.5 Å². The number of amides is 2. The Morgan fingerprint density at radius 3 is 2.26 bits per heavy atom. The maximum Gasteiger partial charge on any atom is 0.411 e. The molecule has 8 nitrogen and oxygen atoms in total. The lowest BCUT2D eigenvalue weighted by atomic mass is 9.77. The number of hydrogen-bond donors (Lipinski definition) is 0. The van der Waals surface area contributed by atoms with Crippen molar-refractivity contribution in [3.05, 3.63) is 65.7 Å². The largest absolute Gasteiger partial charge is 0.466 e. The summed E-state index contributed by atoms with van der Waals surface area (Å²) in [6, 6.07) is 15.2. The first-order valence-corrected chi connectivity index (χ1v) is 11.6. The van der Waals surface area contributed by atoms with E-state index >= 15 is 0 Å². The summed E-state index contributed by atoms with van der Waals surface area (Å²) in [6.07, 6.45) is -0.627. The minimum absolute atomic E-state index is 0.149. The van der Waals surface area contributed by atoms with E-state index in [1.54, 1.807) is 25.9 Å². The van der Waals surface area contributed by atoms with Gasteiger partial charge >= 0.3 is 12.1 Å². The first kappa shape index (κ1) is 23.8. The number of para-hydroxylation sites is 1. The number of fused-ring (bicyclic) bond motifs is 3. The van der Waals surface area contributed by atoms with Crippen molar-refractivity contribution in [3.8, 4) is 0 Å². The molecule has 2 aromatic carbocycles. The maximum absolute atomic E-state index is 14.0. The Labute approximate surface area is 199 Å². The highest BCUT2D eigenvalue weighted by atomic mass is 16.6. The predicted octanol–water partition coefficient (Wildman–Crippen LogP) is 3.52. The van der Waals surface area contributed by atoms with Crippen LogP contribution in [0.1, 0.15) is 36.9 Å². The minimum atomic E-state index is -0.912. The number of hydrogen-bond acceptors (Lipinski definition) is 6. The molecule has 34 heavy (non-hydrogen) atoms. The summed E-state index contributed by atoms with van der Waals surface area (Å²) in [7, 11) is 1.58. The zero-order chi connectivity index (χ0) is 24.2. The van der Waals surface area contributed by atoms with E-state index in [0.717, 1.165) is 16.8 Å². The molecule has 0 radical (unpaired) electrons. The van der Waals surface area contributed by atoms with Gasteiger partial charge < -0.3 is 19.1 Å². The van der Waals surface area contributed by atoms with Crippen LogP contribution in [-0.4, -0.2) is 62.4 Å². The quantitative estimate of drug-likeness (QED) is 0.581. The van der Waals surface area contributed by atoms with Crippen molar-refractivity contribution in [2.75, 3.05) is 38.4 Å². The summed E-state index contributed by atoms with van der Waals surface area (Å²) in [4.78, 5) is 43.8. The number of likely N-dealkylation sites (tertiary alicyclic amines) is 1. The average molecular weight is 467 g/mol. The molecule has 1 fully saturated rings. The molecule has 2 aromatic rings. The molecule has 0 aliphatic carbocycles. The lowest BCUT2D eigenvalue weighted by molar-refractivity contribution is -0.149. The highest BCUT2D eigenvalue weighted by Gasteiger charge is 2.61. The normalized spacial score (nSPS) is 23.3. The molecule has 0 N–H and O–H groups in total. The highest BCUT2D eigenvalue weighted by Crippen LogP contribution is 2.55. The van der Waals surface area contributed by atoms with E-state index in [9.17, 15) is 14.4 Å². The monoisotopic (exact) mass is 466 g/mol. The van der Waals surface area contributed by atoms with Crippen LogP contribution < -0.4 is 4.90 Å². The van der Waals surface area contributed by atoms with E-state index in [2.05, 4.69) is 0 Å². The van der Waals surface area contributed by atoms with E-state index in [1.807, 2.05) is 54.6 Å². The fraction of sp³-hybridized carbons (Fsp3) is 0.423. The van der Waals surface area contributed by atoms with Crippen LogP contribution in [-0.2, 0) is 23.8 Å². The summed E-state index contributed by atoms with van der Waals surface area (Å²) in [5, 5.41) is 0. The van der Waals surface area contributed by atoms with Crippen LogP contribution >= 0.6 is 0 Å². The second kappa shape index (κ2) is 10.3. The van der Waals surface area contributed by atoms with Crippen molar-refractivity contribution in [2.24, 2.45) is 5.92 Å². The van der Waals surface area contributed by atoms with E-state index in [0.29, 0.717) is 13.2 Å². The molecule has 180 valence electrons. The molecule has 0 aromatic heterocycles. The Balaban J connectivity index is 1.94. The van der Waals surface area contributed by atoms with Gasteiger partial charge in [0.05, 0.1) is 31.8 Å². The van der Waals surface area contributed by atoms with Gasteiger partial charge in [0.1, 0.15) is 6.04 Å². The van der Waals surface area contributed by atoms with Crippen LogP contribution in [0.15, 0.2) is 54.6 Å². The van der Waals surface area contributed by atoms with E-state index in [4.69, 9.17) is 14.2 Å². The smallest absolute Gasteiger partial charge is 0.411 e. The summed E-state index contributed by atoms with van der Waals surface area (Å²) in [6.45, 7) is 4.47. The molecular weight excluding hydrogens is 436 g/mol. The van der Waals surface area contributed by atoms with Crippen molar-refractivity contribution in [2.45, 2.75) is 31.8 Å². The number of carbonyl (C=O) groups is 3. The zero-order valence-corrected chi connectivity index (χ0v) is 19.7. The predicted molar refractivity (Wildman–Crippen MR) is 125 cm³/mol. The van der Waals surface area contributed by atoms with Crippen LogP contribution in [0, 0.1) is 5.92 Å². The second-order valence-electron chi connectivity index (χ2n) is 8.25. The van der Waals surface area contributed by atoms with Crippen molar-refractivity contribution in [1.29, 1.82) is 0 Å². The van der Waals surface area contributed by atoms with Crippen LogP contribution in [0.4, 0.5) is 10.5 Å².